The van der Waals surface area contributed by atoms with Crippen molar-refractivity contribution in [3.8, 4) is 5.75 Å². The van der Waals surface area contributed by atoms with E-state index in [1.54, 1.807) is 31.1 Å². The SMILES string of the molecule is CN(C)C(Cl)=C(C(=O)c1cc(Br)ccc1O)c1ccccc1. The van der Waals surface area contributed by atoms with Crippen LogP contribution in [0.3, 0.4) is 0 Å². The highest BCUT2D eigenvalue weighted by Crippen LogP contribution is 2.31. The molecule has 0 amide bonds. The Morgan fingerprint density at radius 3 is 2.36 bits per heavy atom. The van der Waals surface area contributed by atoms with Gasteiger partial charge in [-0.2, -0.15) is 0 Å². The van der Waals surface area contributed by atoms with E-state index in [0.717, 1.165) is 0 Å². The molecule has 0 saturated heterocycles. The molecule has 0 aliphatic rings. The lowest BCUT2D eigenvalue weighted by atomic mass is 9.96. The maximum absolute atomic E-state index is 12.9. The van der Waals surface area contributed by atoms with Crippen molar-refractivity contribution in [2.24, 2.45) is 0 Å². The van der Waals surface area contributed by atoms with Gasteiger partial charge in [0.25, 0.3) is 0 Å². The predicted molar refractivity (Wildman–Crippen MR) is 93.0 cm³/mol. The predicted octanol–water partition coefficient (Wildman–Crippen LogP) is 4.51. The molecule has 0 radical (unpaired) electrons. The van der Waals surface area contributed by atoms with Gasteiger partial charge < -0.3 is 10.0 Å². The van der Waals surface area contributed by atoms with Crippen molar-refractivity contribution in [1.29, 1.82) is 0 Å². The van der Waals surface area contributed by atoms with Gasteiger partial charge in [0.05, 0.1) is 11.1 Å². The molecule has 0 heterocycles. The molecule has 0 spiro atoms. The minimum absolute atomic E-state index is 0.0788. The molecular formula is C17H15BrClNO2. The summed E-state index contributed by atoms with van der Waals surface area (Å²) >= 11 is 9.66. The van der Waals surface area contributed by atoms with Crippen LogP contribution in [0, 0.1) is 0 Å². The molecule has 114 valence electrons. The number of nitrogens with zero attached hydrogens (tertiary/aromatic N) is 1. The van der Waals surface area contributed by atoms with E-state index in [9.17, 15) is 9.90 Å². The van der Waals surface area contributed by atoms with Crippen molar-refractivity contribution in [2.45, 2.75) is 0 Å². The van der Waals surface area contributed by atoms with Gasteiger partial charge in [-0.3, -0.25) is 4.79 Å². The van der Waals surface area contributed by atoms with Crippen LogP contribution >= 0.6 is 27.5 Å². The van der Waals surface area contributed by atoms with E-state index in [4.69, 9.17) is 11.6 Å². The molecule has 0 fully saturated rings. The van der Waals surface area contributed by atoms with Gasteiger partial charge in [-0.15, -0.1) is 0 Å². The molecule has 5 heteroatoms. The lowest BCUT2D eigenvalue weighted by molar-refractivity contribution is 0.105. The first-order valence-electron chi connectivity index (χ1n) is 6.57. The second kappa shape index (κ2) is 6.99. The number of Topliss-reactive ketones (excluding diaryl/α,β-unsaturated/α-hetero) is 1. The van der Waals surface area contributed by atoms with E-state index in [2.05, 4.69) is 15.9 Å². The number of rotatable bonds is 4. The standard InChI is InChI=1S/C17H15BrClNO2/c1-20(2)17(19)15(11-6-4-3-5-7-11)16(22)13-10-12(18)8-9-14(13)21/h3-10,21H,1-2H3. The third-order valence-electron chi connectivity index (χ3n) is 3.09. The van der Waals surface area contributed by atoms with Gasteiger partial charge in [0, 0.05) is 18.6 Å². The fraction of sp³-hybridized carbons (Fsp3) is 0.118. The summed E-state index contributed by atoms with van der Waals surface area (Å²) in [5.41, 5.74) is 1.25. The molecule has 0 aliphatic carbocycles. The second-order valence-corrected chi connectivity index (χ2v) is 6.19. The number of benzene rings is 2. The first kappa shape index (κ1) is 16.6. The van der Waals surface area contributed by atoms with Crippen LogP contribution in [0.25, 0.3) is 5.57 Å². The van der Waals surface area contributed by atoms with Crippen molar-refractivity contribution in [2.75, 3.05) is 14.1 Å². The van der Waals surface area contributed by atoms with Gasteiger partial charge >= 0.3 is 0 Å². The number of aromatic hydroxyl groups is 1. The fourth-order valence-corrected chi connectivity index (χ4v) is 2.55. The number of hydrogen-bond acceptors (Lipinski definition) is 3. The number of carbonyl (C=O) groups is 1. The second-order valence-electron chi connectivity index (χ2n) is 4.92. The largest absolute Gasteiger partial charge is 0.507 e. The average molecular weight is 381 g/mol. The van der Waals surface area contributed by atoms with E-state index in [-0.39, 0.29) is 17.1 Å². The molecule has 3 nitrogen and oxygen atoms in total. The molecular weight excluding hydrogens is 366 g/mol. The van der Waals surface area contributed by atoms with E-state index in [0.29, 0.717) is 20.8 Å². The summed E-state index contributed by atoms with van der Waals surface area (Å²) in [6, 6.07) is 13.9. The maximum atomic E-state index is 12.9. The van der Waals surface area contributed by atoms with Crippen LogP contribution in [0.15, 0.2) is 58.2 Å². The molecule has 2 aromatic carbocycles. The monoisotopic (exact) mass is 379 g/mol. The number of carbonyl (C=O) groups excluding carboxylic acids is 1. The first-order valence-corrected chi connectivity index (χ1v) is 7.74. The molecule has 0 aliphatic heterocycles. The van der Waals surface area contributed by atoms with Crippen LogP contribution in [-0.4, -0.2) is 29.9 Å². The molecule has 2 aromatic rings. The van der Waals surface area contributed by atoms with Gasteiger partial charge in [-0.1, -0.05) is 57.9 Å². The number of phenols is 1. The number of ketones is 1. The summed E-state index contributed by atoms with van der Waals surface area (Å²) in [7, 11) is 3.53. The summed E-state index contributed by atoms with van der Waals surface area (Å²) < 4.78 is 0.710. The number of halogens is 2. The van der Waals surface area contributed by atoms with Gasteiger partial charge in [0.1, 0.15) is 10.9 Å². The highest BCUT2D eigenvalue weighted by atomic mass is 79.9. The Balaban J connectivity index is 2.63. The van der Waals surface area contributed by atoms with Crippen molar-refractivity contribution >= 4 is 38.9 Å². The highest BCUT2D eigenvalue weighted by molar-refractivity contribution is 9.10. The Kier molecular flexibility index (Phi) is 5.27. The Hall–Kier alpha value is -1.78. The van der Waals surface area contributed by atoms with E-state index >= 15 is 0 Å². The zero-order valence-corrected chi connectivity index (χ0v) is 14.5. The van der Waals surface area contributed by atoms with E-state index in [1.807, 2.05) is 30.3 Å². The minimum atomic E-state index is -0.330. The Morgan fingerprint density at radius 2 is 1.77 bits per heavy atom. The van der Waals surface area contributed by atoms with Gasteiger partial charge in [-0.25, -0.2) is 0 Å². The number of allylic oxidation sites excluding steroid dienone is 1. The van der Waals surface area contributed by atoms with Gasteiger partial charge in [0.2, 0.25) is 0 Å². The Labute approximate surface area is 143 Å². The van der Waals surface area contributed by atoms with Crippen LogP contribution in [0.5, 0.6) is 5.75 Å². The van der Waals surface area contributed by atoms with Crippen LogP contribution in [0.4, 0.5) is 0 Å². The summed E-state index contributed by atoms with van der Waals surface area (Å²) in [6.45, 7) is 0. The zero-order valence-electron chi connectivity index (χ0n) is 12.2. The van der Waals surface area contributed by atoms with Gasteiger partial charge in [-0.05, 0) is 23.8 Å². The van der Waals surface area contributed by atoms with Crippen LogP contribution in [-0.2, 0) is 0 Å². The minimum Gasteiger partial charge on any atom is -0.507 e. The third-order valence-corrected chi connectivity index (χ3v) is 4.11. The number of phenolic OH excluding ortho intramolecular Hbond substituents is 1. The molecule has 0 saturated carbocycles. The smallest absolute Gasteiger partial charge is 0.200 e. The average Bonchev–Trinajstić information content (AvgIpc) is 2.50. The van der Waals surface area contributed by atoms with E-state index in [1.165, 1.54) is 6.07 Å². The fourth-order valence-electron chi connectivity index (χ4n) is 2.00. The maximum Gasteiger partial charge on any atom is 0.200 e. The van der Waals surface area contributed by atoms with Crippen LogP contribution in [0.1, 0.15) is 15.9 Å². The summed E-state index contributed by atoms with van der Waals surface area (Å²) in [5.74, 6) is -0.409. The van der Waals surface area contributed by atoms with Crippen molar-refractivity contribution < 1.29 is 9.90 Å². The Morgan fingerprint density at radius 1 is 1.14 bits per heavy atom. The lowest BCUT2D eigenvalue weighted by Gasteiger charge is -2.17. The summed E-state index contributed by atoms with van der Waals surface area (Å²) in [5, 5.41) is 10.3. The van der Waals surface area contributed by atoms with Crippen molar-refractivity contribution in [3.05, 3.63) is 69.3 Å². The first-order chi connectivity index (χ1) is 10.4. The van der Waals surface area contributed by atoms with E-state index < -0.39 is 0 Å². The molecule has 0 unspecified atom stereocenters. The summed E-state index contributed by atoms with van der Waals surface area (Å²) in [6.07, 6.45) is 0. The molecule has 0 bridgehead atoms. The van der Waals surface area contributed by atoms with Crippen molar-refractivity contribution in [3.63, 3.8) is 0 Å². The third kappa shape index (κ3) is 3.51. The molecule has 0 atom stereocenters. The topological polar surface area (TPSA) is 40.5 Å². The van der Waals surface area contributed by atoms with Crippen LogP contribution < -0.4 is 0 Å². The molecule has 2 rings (SSSR count). The molecule has 1 N–H and O–H groups in total. The molecule has 0 aromatic heterocycles. The highest BCUT2D eigenvalue weighted by Gasteiger charge is 2.22. The zero-order chi connectivity index (χ0) is 16.3. The normalized spacial score (nSPS) is 11.8. The molecule has 22 heavy (non-hydrogen) atoms. The lowest BCUT2D eigenvalue weighted by Crippen LogP contribution is -2.14. The van der Waals surface area contributed by atoms with Crippen LogP contribution in [0.2, 0.25) is 0 Å². The van der Waals surface area contributed by atoms with Crippen molar-refractivity contribution in [1.82, 2.24) is 4.90 Å². The Bertz CT molecular complexity index is 727. The summed E-state index contributed by atoms with van der Waals surface area (Å²) in [4.78, 5) is 14.6. The quantitative estimate of drug-likeness (QED) is 0.482. The number of hydrogen-bond donors (Lipinski definition) is 1. The van der Waals surface area contributed by atoms with Gasteiger partial charge in [0.15, 0.2) is 5.78 Å².